The van der Waals surface area contributed by atoms with Gasteiger partial charge in [-0.3, -0.25) is 0 Å². The molecule has 0 aliphatic rings. The molecule has 1 aromatic heterocycles. The Morgan fingerprint density at radius 3 is 2.67 bits per heavy atom. The molecule has 0 aliphatic carbocycles. The number of nitrogens with two attached hydrogens (primary N) is 1. The molecule has 0 radical (unpaired) electrons. The third kappa shape index (κ3) is 2.14. The molecule has 0 amide bonds. The molecular formula is C11H8N2S2. The molecule has 0 bridgehead atoms. The lowest BCUT2D eigenvalue weighted by molar-refractivity contribution is 1.40. The van der Waals surface area contributed by atoms with Crippen LogP contribution >= 0.6 is 23.1 Å². The fourth-order valence-corrected chi connectivity index (χ4v) is 2.99. The van der Waals surface area contributed by atoms with Crippen LogP contribution in [0.15, 0.2) is 45.5 Å². The Bertz CT molecular complexity index is 497. The maximum atomic E-state index is 8.93. The van der Waals surface area contributed by atoms with Gasteiger partial charge >= 0.3 is 0 Å². The predicted molar refractivity (Wildman–Crippen MR) is 64.0 cm³/mol. The summed E-state index contributed by atoms with van der Waals surface area (Å²) >= 11 is 2.98. The number of hydrogen-bond acceptors (Lipinski definition) is 4. The quantitative estimate of drug-likeness (QED) is 0.863. The van der Waals surface area contributed by atoms with E-state index in [2.05, 4.69) is 6.07 Å². The van der Waals surface area contributed by atoms with Gasteiger partial charge in [0.05, 0.1) is 0 Å². The molecule has 0 saturated carbocycles. The Hall–Kier alpha value is -1.44. The highest BCUT2D eigenvalue weighted by atomic mass is 32.2. The van der Waals surface area contributed by atoms with Crippen molar-refractivity contribution in [2.24, 2.45) is 0 Å². The van der Waals surface area contributed by atoms with E-state index >= 15 is 0 Å². The van der Waals surface area contributed by atoms with Crippen LogP contribution in [0.25, 0.3) is 0 Å². The summed E-state index contributed by atoms with van der Waals surface area (Å²) in [7, 11) is 0. The molecule has 1 heterocycles. The second-order valence-electron chi connectivity index (χ2n) is 2.87. The Kier molecular flexibility index (Phi) is 2.95. The number of nitrogen functional groups attached to an aromatic ring is 1. The van der Waals surface area contributed by atoms with Gasteiger partial charge < -0.3 is 5.73 Å². The summed E-state index contributed by atoms with van der Waals surface area (Å²) in [6.45, 7) is 0. The first kappa shape index (κ1) is 10.1. The monoisotopic (exact) mass is 232 g/mol. The second kappa shape index (κ2) is 4.39. The number of benzene rings is 1. The van der Waals surface area contributed by atoms with Crippen molar-refractivity contribution in [3.05, 3.63) is 41.3 Å². The zero-order valence-corrected chi connectivity index (χ0v) is 9.44. The summed E-state index contributed by atoms with van der Waals surface area (Å²) in [5, 5.41) is 11.4. The van der Waals surface area contributed by atoms with Crippen molar-refractivity contribution in [3.8, 4) is 6.07 Å². The van der Waals surface area contributed by atoms with Crippen molar-refractivity contribution in [1.82, 2.24) is 0 Å². The van der Waals surface area contributed by atoms with Crippen LogP contribution in [0.2, 0.25) is 0 Å². The number of hydrogen-bond donors (Lipinski definition) is 1. The number of nitriles is 1. The van der Waals surface area contributed by atoms with Gasteiger partial charge in [0.2, 0.25) is 0 Å². The number of nitrogens with zero attached hydrogens (tertiary/aromatic N) is 1. The summed E-state index contributed by atoms with van der Waals surface area (Å²) in [6, 6.07) is 12.1. The molecule has 0 unspecified atom stereocenters. The molecule has 2 rings (SSSR count). The zero-order chi connectivity index (χ0) is 10.7. The molecular weight excluding hydrogens is 224 g/mol. The van der Waals surface area contributed by atoms with Gasteiger partial charge in [0.25, 0.3) is 0 Å². The van der Waals surface area contributed by atoms with Gasteiger partial charge in [-0.15, -0.1) is 11.3 Å². The highest BCUT2D eigenvalue weighted by Gasteiger charge is 2.09. The van der Waals surface area contributed by atoms with Gasteiger partial charge in [-0.25, -0.2) is 0 Å². The van der Waals surface area contributed by atoms with E-state index in [4.69, 9.17) is 11.0 Å². The SMILES string of the molecule is N#Cc1c(Sc2ccccc2)csc1N. The van der Waals surface area contributed by atoms with Crippen molar-refractivity contribution >= 4 is 28.1 Å². The molecule has 4 heteroatoms. The van der Waals surface area contributed by atoms with Crippen LogP contribution in [0.3, 0.4) is 0 Å². The Morgan fingerprint density at radius 2 is 2.00 bits per heavy atom. The van der Waals surface area contributed by atoms with Crippen molar-refractivity contribution < 1.29 is 0 Å². The van der Waals surface area contributed by atoms with Crippen LogP contribution in [-0.2, 0) is 0 Å². The van der Waals surface area contributed by atoms with Crippen LogP contribution in [0.1, 0.15) is 5.56 Å². The maximum absolute atomic E-state index is 8.93. The Labute approximate surface area is 96.3 Å². The first-order valence-electron chi connectivity index (χ1n) is 4.31. The molecule has 0 atom stereocenters. The zero-order valence-electron chi connectivity index (χ0n) is 7.81. The smallest absolute Gasteiger partial charge is 0.105 e. The van der Waals surface area contributed by atoms with E-state index < -0.39 is 0 Å². The van der Waals surface area contributed by atoms with Gasteiger partial charge in [0.1, 0.15) is 16.6 Å². The van der Waals surface area contributed by atoms with Gasteiger partial charge in [-0.2, -0.15) is 5.26 Å². The number of rotatable bonds is 2. The number of anilines is 1. The van der Waals surface area contributed by atoms with E-state index in [9.17, 15) is 0 Å². The maximum Gasteiger partial charge on any atom is 0.105 e. The third-order valence-corrected chi connectivity index (χ3v) is 3.88. The molecule has 0 fully saturated rings. The second-order valence-corrected chi connectivity index (χ2v) is 4.89. The van der Waals surface area contributed by atoms with Gasteiger partial charge in [0.15, 0.2) is 0 Å². The highest BCUT2D eigenvalue weighted by molar-refractivity contribution is 7.99. The lowest BCUT2D eigenvalue weighted by Gasteiger charge is -1.98. The molecule has 2 N–H and O–H groups in total. The van der Waals surface area contributed by atoms with Crippen molar-refractivity contribution in [3.63, 3.8) is 0 Å². The van der Waals surface area contributed by atoms with E-state index in [-0.39, 0.29) is 0 Å². The fourth-order valence-electron chi connectivity index (χ4n) is 1.16. The van der Waals surface area contributed by atoms with Crippen LogP contribution in [-0.4, -0.2) is 0 Å². The average Bonchev–Trinajstić information content (AvgIpc) is 2.61. The molecule has 0 saturated heterocycles. The lowest BCUT2D eigenvalue weighted by atomic mass is 10.3. The Morgan fingerprint density at radius 1 is 1.27 bits per heavy atom. The minimum Gasteiger partial charge on any atom is -0.389 e. The van der Waals surface area contributed by atoms with Crippen LogP contribution in [0, 0.1) is 11.3 Å². The molecule has 0 spiro atoms. The van der Waals surface area contributed by atoms with E-state index in [0.717, 1.165) is 9.79 Å². The summed E-state index contributed by atoms with van der Waals surface area (Å²) < 4.78 is 0. The first-order chi connectivity index (χ1) is 7.31. The molecule has 74 valence electrons. The summed E-state index contributed by atoms with van der Waals surface area (Å²) in [4.78, 5) is 2.05. The van der Waals surface area contributed by atoms with Crippen LogP contribution < -0.4 is 5.73 Å². The van der Waals surface area contributed by atoms with Crippen molar-refractivity contribution in [1.29, 1.82) is 5.26 Å². The predicted octanol–water partition coefficient (Wildman–Crippen LogP) is 3.35. The van der Waals surface area contributed by atoms with E-state index in [1.807, 2.05) is 35.7 Å². The highest BCUT2D eigenvalue weighted by Crippen LogP contribution is 2.36. The van der Waals surface area contributed by atoms with E-state index in [0.29, 0.717) is 10.6 Å². The van der Waals surface area contributed by atoms with Gasteiger partial charge in [-0.05, 0) is 12.1 Å². The molecule has 0 aliphatic heterocycles. The van der Waals surface area contributed by atoms with Crippen LogP contribution in [0.4, 0.5) is 5.00 Å². The van der Waals surface area contributed by atoms with Gasteiger partial charge in [-0.1, -0.05) is 30.0 Å². The average molecular weight is 232 g/mol. The summed E-state index contributed by atoms with van der Waals surface area (Å²) in [5.74, 6) is 0. The molecule has 2 nitrogen and oxygen atoms in total. The molecule has 1 aromatic carbocycles. The third-order valence-electron chi connectivity index (χ3n) is 1.87. The van der Waals surface area contributed by atoms with Crippen molar-refractivity contribution in [2.75, 3.05) is 5.73 Å². The largest absolute Gasteiger partial charge is 0.389 e. The fraction of sp³-hybridized carbons (Fsp3) is 0. The topological polar surface area (TPSA) is 49.8 Å². The Balaban J connectivity index is 2.30. The minimum absolute atomic E-state index is 0.592. The summed E-state index contributed by atoms with van der Waals surface area (Å²) in [5.41, 5.74) is 6.28. The molecule has 2 aromatic rings. The van der Waals surface area contributed by atoms with Crippen molar-refractivity contribution in [2.45, 2.75) is 9.79 Å². The minimum atomic E-state index is 0.592. The van der Waals surface area contributed by atoms with E-state index in [1.54, 1.807) is 11.8 Å². The van der Waals surface area contributed by atoms with Crippen LogP contribution in [0.5, 0.6) is 0 Å². The summed E-state index contributed by atoms with van der Waals surface area (Å²) in [6.07, 6.45) is 0. The standard InChI is InChI=1S/C11H8N2S2/c12-6-9-10(7-14-11(9)13)15-8-4-2-1-3-5-8/h1-5,7H,13H2. The van der Waals surface area contributed by atoms with Gasteiger partial charge in [0, 0.05) is 15.2 Å². The molecule has 15 heavy (non-hydrogen) atoms. The normalized spacial score (nSPS) is 9.80. The van der Waals surface area contributed by atoms with E-state index in [1.165, 1.54) is 11.3 Å². The number of thiophene rings is 1. The first-order valence-corrected chi connectivity index (χ1v) is 6.01. The lowest BCUT2D eigenvalue weighted by Crippen LogP contribution is -1.83.